The summed E-state index contributed by atoms with van der Waals surface area (Å²) in [6.45, 7) is 10.3. The maximum atomic E-state index is 2.50. The van der Waals surface area contributed by atoms with Crippen LogP contribution >= 0.6 is 0 Å². The van der Waals surface area contributed by atoms with E-state index in [1.807, 2.05) is 0 Å². The van der Waals surface area contributed by atoms with E-state index in [-0.39, 0.29) is 0 Å². The Bertz CT molecular complexity index is 368. The van der Waals surface area contributed by atoms with Crippen molar-refractivity contribution in [2.24, 2.45) is 0 Å². The van der Waals surface area contributed by atoms with E-state index in [1.165, 1.54) is 57.9 Å². The predicted molar refractivity (Wildman–Crippen MR) is 83.5 cm³/mol. The molecule has 108 valence electrons. The van der Waals surface area contributed by atoms with Gasteiger partial charge < -0.3 is 0 Å². The molecule has 0 aliphatic heterocycles. The molecule has 19 heavy (non-hydrogen) atoms. The van der Waals surface area contributed by atoms with Crippen LogP contribution in [0.1, 0.15) is 76.1 Å². The molecule has 0 unspecified atom stereocenters. The maximum absolute atomic E-state index is 2.50. The summed E-state index contributed by atoms with van der Waals surface area (Å²) in [7, 11) is 0. The monoisotopic (exact) mass is 262 g/mol. The van der Waals surface area contributed by atoms with Gasteiger partial charge in [0.15, 0.2) is 11.9 Å². The van der Waals surface area contributed by atoms with Crippen molar-refractivity contribution >= 4 is 0 Å². The number of aromatic nitrogens is 1. The van der Waals surface area contributed by atoms with E-state index in [1.54, 1.807) is 16.8 Å². The van der Waals surface area contributed by atoms with E-state index >= 15 is 0 Å². The number of rotatable bonds is 9. The Labute approximate surface area is 120 Å². The van der Waals surface area contributed by atoms with Crippen LogP contribution in [0, 0.1) is 6.92 Å². The summed E-state index contributed by atoms with van der Waals surface area (Å²) in [5, 5.41) is 0. The highest BCUT2D eigenvalue weighted by atomic mass is 15.0. The van der Waals surface area contributed by atoms with Crippen LogP contribution < -0.4 is 4.57 Å². The first kappa shape index (κ1) is 16.2. The van der Waals surface area contributed by atoms with E-state index in [0.717, 1.165) is 0 Å². The molecule has 0 radical (unpaired) electrons. The molecule has 0 N–H and O–H groups in total. The fourth-order valence-electron chi connectivity index (χ4n) is 2.65. The first-order valence-electron chi connectivity index (χ1n) is 8.25. The van der Waals surface area contributed by atoms with Crippen LogP contribution in [-0.4, -0.2) is 0 Å². The average molecular weight is 262 g/mol. The van der Waals surface area contributed by atoms with E-state index < -0.39 is 0 Å². The number of hydrogen-bond acceptors (Lipinski definition) is 0. The summed E-state index contributed by atoms with van der Waals surface area (Å²) in [4.78, 5) is 0. The van der Waals surface area contributed by atoms with Crippen molar-refractivity contribution in [3.63, 3.8) is 0 Å². The Balaban J connectivity index is 2.94. The van der Waals surface area contributed by atoms with Crippen LogP contribution in [0.15, 0.2) is 12.3 Å². The van der Waals surface area contributed by atoms with E-state index in [4.69, 9.17) is 0 Å². The molecule has 0 aliphatic rings. The second-order valence-electron chi connectivity index (χ2n) is 5.67. The van der Waals surface area contributed by atoms with Crippen LogP contribution in [0.2, 0.25) is 0 Å². The molecule has 1 aromatic rings. The average Bonchev–Trinajstić information content (AvgIpc) is 2.43. The van der Waals surface area contributed by atoms with Gasteiger partial charge in [-0.15, -0.1) is 0 Å². The molecule has 1 heteroatoms. The van der Waals surface area contributed by atoms with Gasteiger partial charge in [-0.3, -0.25) is 0 Å². The van der Waals surface area contributed by atoms with Crippen molar-refractivity contribution < 1.29 is 4.57 Å². The first-order valence-corrected chi connectivity index (χ1v) is 8.25. The third-order valence-electron chi connectivity index (χ3n) is 4.04. The molecular formula is C18H32N+. The van der Waals surface area contributed by atoms with Crippen molar-refractivity contribution in [1.82, 2.24) is 0 Å². The lowest BCUT2D eigenvalue weighted by atomic mass is 9.99. The number of nitrogens with zero attached hydrogens (tertiary/aromatic N) is 1. The summed E-state index contributed by atoms with van der Waals surface area (Å²) in [6.07, 6.45) is 12.6. The highest BCUT2D eigenvalue weighted by molar-refractivity contribution is 5.26. The van der Waals surface area contributed by atoms with Gasteiger partial charge in [0, 0.05) is 24.5 Å². The smallest absolute Gasteiger partial charge is 0.184 e. The van der Waals surface area contributed by atoms with Gasteiger partial charge in [0.1, 0.15) is 6.54 Å². The summed E-state index contributed by atoms with van der Waals surface area (Å²) in [5.74, 6) is 0. The molecule has 1 aromatic heterocycles. The standard InChI is InChI=1S/C18H32N/c1-5-8-11-17-13-15-19(14-10-7-3)18(16(17)4)12-9-6-2/h13,15H,5-12,14H2,1-4H3/q+1. The van der Waals surface area contributed by atoms with Crippen LogP contribution in [0.25, 0.3) is 0 Å². The van der Waals surface area contributed by atoms with Gasteiger partial charge >= 0.3 is 0 Å². The zero-order valence-corrected chi connectivity index (χ0v) is 13.5. The molecule has 0 fully saturated rings. The predicted octanol–water partition coefficient (Wildman–Crippen LogP) is 4.77. The minimum Gasteiger partial charge on any atom is -0.202 e. The Hall–Kier alpha value is -0.850. The van der Waals surface area contributed by atoms with Gasteiger partial charge in [-0.25, -0.2) is 4.57 Å². The van der Waals surface area contributed by atoms with Gasteiger partial charge in [0.05, 0.1) is 0 Å². The fourth-order valence-corrected chi connectivity index (χ4v) is 2.65. The quantitative estimate of drug-likeness (QED) is 0.565. The second kappa shape index (κ2) is 9.12. The van der Waals surface area contributed by atoms with Gasteiger partial charge in [-0.1, -0.05) is 40.0 Å². The molecular weight excluding hydrogens is 230 g/mol. The lowest BCUT2D eigenvalue weighted by molar-refractivity contribution is -0.705. The number of hydrogen-bond donors (Lipinski definition) is 0. The third kappa shape index (κ3) is 4.97. The summed E-state index contributed by atoms with van der Waals surface area (Å²) >= 11 is 0. The minimum absolute atomic E-state index is 1.18. The molecule has 0 spiro atoms. The largest absolute Gasteiger partial charge is 0.202 e. The fraction of sp³-hybridized carbons (Fsp3) is 0.722. The maximum Gasteiger partial charge on any atom is 0.184 e. The number of pyridine rings is 1. The second-order valence-corrected chi connectivity index (χ2v) is 5.67. The molecule has 0 aromatic carbocycles. The minimum atomic E-state index is 1.18. The summed E-state index contributed by atoms with van der Waals surface area (Å²) < 4.78 is 2.50. The molecule has 0 atom stereocenters. The molecule has 0 amide bonds. The SMILES string of the molecule is CCCCc1cc[n+](CCCC)c(CCCC)c1C. The van der Waals surface area contributed by atoms with Crippen molar-refractivity contribution in [3.8, 4) is 0 Å². The van der Waals surface area contributed by atoms with Crippen molar-refractivity contribution in [2.45, 2.75) is 85.6 Å². The molecule has 0 saturated heterocycles. The van der Waals surface area contributed by atoms with Crippen molar-refractivity contribution in [3.05, 3.63) is 29.1 Å². The molecule has 0 aliphatic carbocycles. The Morgan fingerprint density at radius 3 is 2.16 bits per heavy atom. The van der Waals surface area contributed by atoms with E-state index in [2.05, 4.69) is 44.5 Å². The van der Waals surface area contributed by atoms with Crippen molar-refractivity contribution in [1.29, 1.82) is 0 Å². The molecule has 1 heterocycles. The van der Waals surface area contributed by atoms with Crippen LogP contribution in [0.4, 0.5) is 0 Å². The lowest BCUT2D eigenvalue weighted by Crippen LogP contribution is -2.39. The van der Waals surface area contributed by atoms with Crippen molar-refractivity contribution in [2.75, 3.05) is 0 Å². The summed E-state index contributed by atoms with van der Waals surface area (Å²) in [5.41, 5.74) is 4.71. The molecule has 1 rings (SSSR count). The molecule has 0 bridgehead atoms. The van der Waals surface area contributed by atoms with Crippen LogP contribution in [0.5, 0.6) is 0 Å². The van der Waals surface area contributed by atoms with Crippen LogP contribution in [-0.2, 0) is 19.4 Å². The third-order valence-corrected chi connectivity index (χ3v) is 4.04. The number of unbranched alkanes of at least 4 members (excludes halogenated alkanes) is 3. The van der Waals surface area contributed by atoms with Crippen LogP contribution in [0.3, 0.4) is 0 Å². The molecule has 0 saturated carbocycles. The Morgan fingerprint density at radius 1 is 0.895 bits per heavy atom. The van der Waals surface area contributed by atoms with Gasteiger partial charge in [-0.2, -0.15) is 0 Å². The Kier molecular flexibility index (Phi) is 7.78. The van der Waals surface area contributed by atoms with Gasteiger partial charge in [-0.05, 0) is 31.7 Å². The zero-order valence-electron chi connectivity index (χ0n) is 13.5. The topological polar surface area (TPSA) is 3.88 Å². The normalized spacial score (nSPS) is 10.9. The summed E-state index contributed by atoms with van der Waals surface area (Å²) in [6, 6.07) is 2.36. The number of aryl methyl sites for hydroxylation is 2. The first-order chi connectivity index (χ1) is 9.24. The van der Waals surface area contributed by atoms with E-state index in [9.17, 15) is 0 Å². The highest BCUT2D eigenvalue weighted by Crippen LogP contribution is 2.15. The van der Waals surface area contributed by atoms with Gasteiger partial charge in [0.2, 0.25) is 0 Å². The Morgan fingerprint density at radius 2 is 1.53 bits per heavy atom. The molecule has 1 nitrogen and oxygen atoms in total. The van der Waals surface area contributed by atoms with Gasteiger partial charge in [0.25, 0.3) is 0 Å². The van der Waals surface area contributed by atoms with E-state index in [0.29, 0.717) is 0 Å². The lowest BCUT2D eigenvalue weighted by Gasteiger charge is -2.11. The zero-order chi connectivity index (χ0) is 14.1. The highest BCUT2D eigenvalue weighted by Gasteiger charge is 2.16.